The minimum absolute atomic E-state index is 0.0255. The Morgan fingerprint density at radius 1 is 1.09 bits per heavy atom. The Hall–Kier alpha value is -2.79. The van der Waals surface area contributed by atoms with E-state index in [9.17, 15) is 9.59 Å². The van der Waals surface area contributed by atoms with Crippen LogP contribution in [-0.2, 0) is 5.60 Å². The summed E-state index contributed by atoms with van der Waals surface area (Å²) in [5.74, 6) is 1.61. The molecule has 3 heterocycles. The van der Waals surface area contributed by atoms with Crippen molar-refractivity contribution in [3.63, 3.8) is 0 Å². The van der Waals surface area contributed by atoms with E-state index in [4.69, 9.17) is 20.8 Å². The highest BCUT2D eigenvalue weighted by Gasteiger charge is 2.40. The molecule has 1 aromatic heterocycles. The number of hydrogen-bond acceptors (Lipinski definition) is 4. The van der Waals surface area contributed by atoms with Gasteiger partial charge in [0.05, 0.1) is 12.0 Å². The molecule has 33 heavy (non-hydrogen) atoms. The van der Waals surface area contributed by atoms with E-state index in [1.165, 1.54) is 0 Å². The first-order valence-electron chi connectivity index (χ1n) is 11.5. The fourth-order valence-electron chi connectivity index (χ4n) is 5.50. The Morgan fingerprint density at radius 3 is 2.42 bits per heavy atom. The second kappa shape index (κ2) is 7.91. The number of ether oxygens (including phenoxy) is 1. The molecular weight excluding hydrogens is 438 g/mol. The van der Waals surface area contributed by atoms with Crippen LogP contribution in [0.5, 0.6) is 5.75 Å². The van der Waals surface area contributed by atoms with Gasteiger partial charge in [-0.3, -0.25) is 9.59 Å². The molecule has 0 aliphatic carbocycles. The van der Waals surface area contributed by atoms with E-state index in [-0.39, 0.29) is 18.1 Å². The number of aryl methyl sites for hydroxylation is 1. The van der Waals surface area contributed by atoms with Gasteiger partial charge in [0.25, 0.3) is 5.91 Å². The second-order valence-corrected chi connectivity index (χ2v) is 10.4. The van der Waals surface area contributed by atoms with Gasteiger partial charge >= 0.3 is 0 Å². The topological polar surface area (TPSA) is 59.8 Å². The lowest BCUT2D eigenvalue weighted by molar-refractivity contribution is 0.0507. The third-order valence-corrected chi connectivity index (χ3v) is 7.23. The highest BCUT2D eigenvalue weighted by atomic mass is 35.5. The van der Waals surface area contributed by atoms with E-state index in [1.54, 1.807) is 24.3 Å². The zero-order valence-corrected chi connectivity index (χ0v) is 20.2. The molecule has 172 valence electrons. The third-order valence-electron chi connectivity index (χ3n) is 6.97. The van der Waals surface area contributed by atoms with Gasteiger partial charge in [0.1, 0.15) is 16.9 Å². The van der Waals surface area contributed by atoms with Gasteiger partial charge in [-0.15, -0.1) is 0 Å². The lowest BCUT2D eigenvalue weighted by Gasteiger charge is -2.35. The number of rotatable bonds is 2. The van der Waals surface area contributed by atoms with Crippen molar-refractivity contribution in [2.75, 3.05) is 13.1 Å². The quantitative estimate of drug-likeness (QED) is 0.439. The zero-order valence-electron chi connectivity index (χ0n) is 19.4. The first kappa shape index (κ1) is 22.0. The van der Waals surface area contributed by atoms with Crippen LogP contribution in [0.15, 0.2) is 40.8 Å². The third kappa shape index (κ3) is 3.72. The molecule has 6 heteroatoms. The van der Waals surface area contributed by atoms with E-state index in [1.807, 2.05) is 30.9 Å². The number of nitrogens with zero attached hydrogens (tertiary/aromatic N) is 1. The maximum atomic E-state index is 13.4. The SMILES string of the molecule is Cc1c(C(=O)N2C[C@H](C)C[C@@H](C)C2)oc2ccc3c(c12)C(=O)C[C@@](C)(c1ccc(Cl)cc1)O3. The number of fused-ring (bicyclic) bond motifs is 3. The summed E-state index contributed by atoms with van der Waals surface area (Å²) in [6, 6.07) is 10.9. The standard InChI is InChI=1S/C27H28ClNO4/c1-15-11-16(2)14-29(13-15)26(31)25-17(3)23-21(32-25)9-10-22-24(23)20(30)12-27(4,33-22)18-5-7-19(28)8-6-18/h5-10,15-16H,11-14H2,1-4H3/t15-,16-,27+/m1/s1. The minimum atomic E-state index is -0.793. The second-order valence-electron chi connectivity index (χ2n) is 9.96. The Labute approximate surface area is 198 Å². The highest BCUT2D eigenvalue weighted by molar-refractivity contribution is 6.30. The smallest absolute Gasteiger partial charge is 0.289 e. The van der Waals surface area contributed by atoms with E-state index >= 15 is 0 Å². The number of furan rings is 1. The first-order valence-corrected chi connectivity index (χ1v) is 11.9. The van der Waals surface area contributed by atoms with Crippen molar-refractivity contribution in [1.82, 2.24) is 4.90 Å². The summed E-state index contributed by atoms with van der Waals surface area (Å²) in [4.78, 5) is 28.7. The molecule has 0 spiro atoms. The van der Waals surface area contributed by atoms with Gasteiger partial charge in [0.15, 0.2) is 11.5 Å². The van der Waals surface area contributed by atoms with Crippen molar-refractivity contribution in [3.05, 3.63) is 63.9 Å². The Bertz CT molecular complexity index is 1250. The number of amides is 1. The minimum Gasteiger partial charge on any atom is -0.482 e. The molecular formula is C27H28ClNO4. The summed E-state index contributed by atoms with van der Waals surface area (Å²) in [6.07, 6.45) is 1.31. The van der Waals surface area contributed by atoms with E-state index in [0.717, 1.165) is 25.1 Å². The summed E-state index contributed by atoms with van der Waals surface area (Å²) >= 11 is 6.04. The molecule has 5 nitrogen and oxygen atoms in total. The number of hydrogen-bond donors (Lipinski definition) is 0. The lowest BCUT2D eigenvalue weighted by atomic mass is 9.84. The average Bonchev–Trinajstić information content (AvgIpc) is 3.09. The highest BCUT2D eigenvalue weighted by Crippen LogP contribution is 2.44. The Kier molecular flexibility index (Phi) is 5.28. The van der Waals surface area contributed by atoms with Crippen molar-refractivity contribution in [3.8, 4) is 5.75 Å². The number of carbonyl (C=O) groups excluding carboxylic acids is 2. The fraction of sp³-hybridized carbons (Fsp3) is 0.407. The fourth-order valence-corrected chi connectivity index (χ4v) is 5.62. The molecule has 2 aliphatic heterocycles. The summed E-state index contributed by atoms with van der Waals surface area (Å²) in [5.41, 5.74) is 1.84. The largest absolute Gasteiger partial charge is 0.482 e. The molecule has 0 bridgehead atoms. The summed E-state index contributed by atoms with van der Waals surface area (Å²) in [5, 5.41) is 1.31. The Balaban J connectivity index is 1.54. The molecule has 3 atom stereocenters. The van der Waals surface area contributed by atoms with Gasteiger partial charge in [-0.25, -0.2) is 0 Å². The van der Waals surface area contributed by atoms with Crippen LogP contribution in [0, 0.1) is 18.8 Å². The van der Waals surface area contributed by atoms with Crippen LogP contribution in [-0.4, -0.2) is 29.7 Å². The van der Waals surface area contributed by atoms with E-state index in [0.29, 0.717) is 50.5 Å². The van der Waals surface area contributed by atoms with Crippen molar-refractivity contribution in [1.29, 1.82) is 0 Å². The molecule has 2 aliphatic rings. The molecule has 0 radical (unpaired) electrons. The Morgan fingerprint density at radius 2 is 1.76 bits per heavy atom. The average molecular weight is 466 g/mol. The molecule has 2 aromatic carbocycles. The van der Waals surface area contributed by atoms with Gasteiger partial charge in [-0.2, -0.15) is 0 Å². The van der Waals surface area contributed by atoms with Crippen LogP contribution in [0.4, 0.5) is 0 Å². The van der Waals surface area contributed by atoms with Crippen LogP contribution < -0.4 is 4.74 Å². The van der Waals surface area contributed by atoms with Crippen molar-refractivity contribution in [2.24, 2.45) is 11.8 Å². The number of Topliss-reactive ketones (excluding diaryl/α,β-unsaturated/α-hetero) is 1. The van der Waals surface area contributed by atoms with Crippen LogP contribution in [0.25, 0.3) is 11.0 Å². The molecule has 5 rings (SSSR count). The zero-order chi connectivity index (χ0) is 23.5. The summed E-state index contributed by atoms with van der Waals surface area (Å²) in [7, 11) is 0. The molecule has 1 saturated heterocycles. The van der Waals surface area contributed by atoms with Crippen molar-refractivity contribution < 1.29 is 18.7 Å². The maximum Gasteiger partial charge on any atom is 0.289 e. The predicted octanol–water partition coefficient (Wildman–Crippen LogP) is 6.39. The summed E-state index contributed by atoms with van der Waals surface area (Å²) < 4.78 is 12.4. The van der Waals surface area contributed by atoms with Gasteiger partial charge in [0.2, 0.25) is 0 Å². The van der Waals surface area contributed by atoms with E-state index < -0.39 is 5.60 Å². The van der Waals surface area contributed by atoms with Crippen LogP contribution in [0.1, 0.15) is 65.7 Å². The lowest BCUT2D eigenvalue weighted by Crippen LogP contribution is -2.42. The van der Waals surface area contributed by atoms with Gasteiger partial charge in [-0.05, 0) is 61.9 Å². The molecule has 0 unspecified atom stereocenters. The molecule has 0 N–H and O–H groups in total. The molecule has 1 fully saturated rings. The van der Waals surface area contributed by atoms with E-state index in [2.05, 4.69) is 13.8 Å². The molecule has 1 amide bonds. The number of likely N-dealkylation sites (tertiary alicyclic amines) is 1. The van der Waals surface area contributed by atoms with Gasteiger partial charge in [-0.1, -0.05) is 37.6 Å². The molecule has 3 aromatic rings. The van der Waals surface area contributed by atoms with Crippen molar-refractivity contribution in [2.45, 2.75) is 46.1 Å². The first-order chi connectivity index (χ1) is 15.7. The van der Waals surface area contributed by atoms with Crippen molar-refractivity contribution >= 4 is 34.3 Å². The van der Waals surface area contributed by atoms with Gasteiger partial charge in [0, 0.05) is 29.1 Å². The van der Waals surface area contributed by atoms with Crippen LogP contribution in [0.2, 0.25) is 5.02 Å². The van der Waals surface area contributed by atoms with Crippen LogP contribution in [0.3, 0.4) is 0 Å². The maximum absolute atomic E-state index is 13.4. The normalized spacial score (nSPS) is 25.1. The number of benzene rings is 2. The monoisotopic (exact) mass is 465 g/mol. The number of halogens is 1. The predicted molar refractivity (Wildman–Crippen MR) is 128 cm³/mol. The number of carbonyl (C=O) groups is 2. The molecule has 0 saturated carbocycles. The summed E-state index contributed by atoms with van der Waals surface area (Å²) in [6.45, 7) is 9.56. The number of ketones is 1. The number of piperidine rings is 1. The van der Waals surface area contributed by atoms with Gasteiger partial charge < -0.3 is 14.1 Å². The van der Waals surface area contributed by atoms with Crippen LogP contribution >= 0.6 is 11.6 Å².